The molecule has 1 aromatic heterocycles. The number of esters is 1. The fourth-order valence-corrected chi connectivity index (χ4v) is 1.65. The molecule has 0 saturated heterocycles. The number of nitrogens with two attached hydrogens (primary N) is 1. The van der Waals surface area contributed by atoms with Gasteiger partial charge in [-0.25, -0.2) is 4.79 Å². The van der Waals surface area contributed by atoms with Gasteiger partial charge in [0.1, 0.15) is 0 Å². The molecule has 14 heavy (non-hydrogen) atoms. The number of hydrogen-bond donors (Lipinski definition) is 1. The molecule has 1 heterocycles. The zero-order valence-electron chi connectivity index (χ0n) is 7.66. The smallest absolute Gasteiger partial charge is 0.351 e. The van der Waals surface area contributed by atoms with Crippen LogP contribution in [-0.2, 0) is 4.74 Å². The first kappa shape index (κ1) is 10.9. The Morgan fingerprint density at radius 1 is 1.71 bits per heavy atom. The highest BCUT2D eigenvalue weighted by Crippen LogP contribution is 2.20. The van der Waals surface area contributed by atoms with E-state index in [0.29, 0.717) is 10.4 Å². The van der Waals surface area contributed by atoms with E-state index >= 15 is 0 Å². The third-order valence-corrected chi connectivity index (χ3v) is 2.51. The number of ether oxygens (including phenoxy) is 1. The fraction of sp³-hybridized carbons (Fsp3) is 0.250. The summed E-state index contributed by atoms with van der Waals surface area (Å²) < 4.78 is 8.42. The summed E-state index contributed by atoms with van der Waals surface area (Å²) in [5.74, 6) is 2.58. The molecule has 0 aliphatic rings. The van der Waals surface area contributed by atoms with Crippen molar-refractivity contribution < 1.29 is 9.53 Å². The highest BCUT2D eigenvalue weighted by Gasteiger charge is 2.17. The zero-order chi connectivity index (χ0) is 10.6. The first-order chi connectivity index (χ1) is 6.70. The van der Waals surface area contributed by atoms with Crippen molar-refractivity contribution in [3.05, 3.63) is 10.4 Å². The molecule has 0 saturated carbocycles. The second kappa shape index (κ2) is 4.88. The van der Waals surface area contributed by atoms with E-state index in [2.05, 4.69) is 20.3 Å². The van der Waals surface area contributed by atoms with Crippen LogP contribution in [0.4, 0.5) is 5.82 Å². The fourth-order valence-electron chi connectivity index (χ4n) is 0.757. The molecule has 0 aromatic carbocycles. The number of thioether (sulfide) groups is 1. The molecular formula is C8H8N2O2S2. The normalized spacial score (nSPS) is 9.00. The SMILES string of the molecule is COC(=O)c1snc(N)c1C#CSC. The lowest BCUT2D eigenvalue weighted by Gasteiger charge is -1.94. The van der Waals surface area contributed by atoms with Crippen molar-refractivity contribution in [2.45, 2.75) is 0 Å². The number of nitrogen functional groups attached to an aromatic ring is 1. The molecule has 0 atom stereocenters. The van der Waals surface area contributed by atoms with E-state index in [1.807, 2.05) is 6.26 Å². The molecule has 0 unspecified atom stereocenters. The lowest BCUT2D eigenvalue weighted by molar-refractivity contribution is 0.0606. The van der Waals surface area contributed by atoms with Crippen LogP contribution in [0.2, 0.25) is 0 Å². The van der Waals surface area contributed by atoms with Gasteiger partial charge in [0.2, 0.25) is 0 Å². The van der Waals surface area contributed by atoms with Gasteiger partial charge in [0.25, 0.3) is 0 Å². The molecule has 0 aliphatic heterocycles. The predicted octanol–water partition coefficient (Wildman–Crippen LogP) is 1.18. The molecule has 0 spiro atoms. The summed E-state index contributed by atoms with van der Waals surface area (Å²) in [6.45, 7) is 0. The van der Waals surface area contributed by atoms with Crippen LogP contribution >= 0.6 is 23.3 Å². The highest BCUT2D eigenvalue weighted by atomic mass is 32.2. The summed E-state index contributed by atoms with van der Waals surface area (Å²) in [7, 11) is 1.31. The summed E-state index contributed by atoms with van der Waals surface area (Å²) >= 11 is 2.34. The molecule has 1 aromatic rings. The van der Waals surface area contributed by atoms with Crippen LogP contribution < -0.4 is 5.73 Å². The van der Waals surface area contributed by atoms with Gasteiger partial charge in [-0.05, 0) is 29.0 Å². The Morgan fingerprint density at radius 3 is 3.00 bits per heavy atom. The number of rotatable bonds is 1. The van der Waals surface area contributed by atoms with Crippen LogP contribution in [0.25, 0.3) is 0 Å². The molecule has 4 nitrogen and oxygen atoms in total. The number of anilines is 1. The number of methoxy groups -OCH3 is 1. The van der Waals surface area contributed by atoms with Crippen molar-refractivity contribution in [1.82, 2.24) is 4.37 Å². The van der Waals surface area contributed by atoms with E-state index < -0.39 is 5.97 Å². The first-order valence-electron chi connectivity index (χ1n) is 3.58. The minimum absolute atomic E-state index is 0.275. The monoisotopic (exact) mass is 228 g/mol. The van der Waals surface area contributed by atoms with Gasteiger partial charge in [-0.1, -0.05) is 11.8 Å². The first-order valence-corrected chi connectivity index (χ1v) is 5.58. The molecule has 0 radical (unpaired) electrons. The van der Waals surface area contributed by atoms with Gasteiger partial charge in [0.15, 0.2) is 10.7 Å². The number of carbonyl (C=O) groups is 1. The van der Waals surface area contributed by atoms with Gasteiger partial charge in [-0.2, -0.15) is 4.37 Å². The molecule has 0 aliphatic carbocycles. The lowest BCUT2D eigenvalue weighted by atomic mass is 10.2. The summed E-state index contributed by atoms with van der Waals surface area (Å²) in [5.41, 5.74) is 6.01. The predicted molar refractivity (Wildman–Crippen MR) is 58.3 cm³/mol. The maximum atomic E-state index is 11.2. The van der Waals surface area contributed by atoms with Crippen molar-refractivity contribution in [3.8, 4) is 11.2 Å². The molecule has 2 N–H and O–H groups in total. The van der Waals surface area contributed by atoms with E-state index in [1.165, 1.54) is 18.9 Å². The maximum absolute atomic E-state index is 11.2. The van der Waals surface area contributed by atoms with Gasteiger partial charge in [-0.3, -0.25) is 0 Å². The molecule has 74 valence electrons. The Balaban J connectivity index is 3.12. The minimum atomic E-state index is -0.454. The van der Waals surface area contributed by atoms with Crippen LogP contribution in [0, 0.1) is 11.2 Å². The Bertz CT molecular complexity index is 403. The number of nitrogens with zero attached hydrogens (tertiary/aromatic N) is 1. The van der Waals surface area contributed by atoms with Gasteiger partial charge in [-0.15, -0.1) is 0 Å². The van der Waals surface area contributed by atoms with Gasteiger partial charge in [0.05, 0.1) is 12.7 Å². The summed E-state index contributed by atoms with van der Waals surface area (Å²) in [5, 5.41) is 2.76. The Labute approximate surface area is 90.0 Å². The minimum Gasteiger partial charge on any atom is -0.465 e. The number of hydrogen-bond acceptors (Lipinski definition) is 6. The zero-order valence-corrected chi connectivity index (χ0v) is 9.29. The van der Waals surface area contributed by atoms with Crippen molar-refractivity contribution in [2.24, 2.45) is 0 Å². The topological polar surface area (TPSA) is 65.2 Å². The van der Waals surface area contributed by atoms with E-state index in [-0.39, 0.29) is 5.82 Å². The van der Waals surface area contributed by atoms with Crippen molar-refractivity contribution in [1.29, 1.82) is 0 Å². The summed E-state index contributed by atoms with van der Waals surface area (Å²) in [4.78, 5) is 11.6. The molecule has 6 heteroatoms. The molecule has 0 amide bonds. The van der Waals surface area contributed by atoms with E-state index in [4.69, 9.17) is 5.73 Å². The molecule has 0 fully saturated rings. The van der Waals surface area contributed by atoms with Crippen LogP contribution in [0.3, 0.4) is 0 Å². The average molecular weight is 228 g/mol. The average Bonchev–Trinajstić information content (AvgIpc) is 2.56. The third-order valence-electron chi connectivity index (χ3n) is 1.37. The summed E-state index contributed by atoms with van der Waals surface area (Å²) in [6.07, 6.45) is 1.83. The van der Waals surface area contributed by atoms with E-state index in [1.54, 1.807) is 0 Å². The van der Waals surface area contributed by atoms with Crippen LogP contribution in [0.1, 0.15) is 15.2 Å². The van der Waals surface area contributed by atoms with Crippen LogP contribution in [0.15, 0.2) is 0 Å². The highest BCUT2D eigenvalue weighted by molar-refractivity contribution is 8.03. The van der Waals surface area contributed by atoms with E-state index in [9.17, 15) is 4.79 Å². The van der Waals surface area contributed by atoms with Crippen molar-refractivity contribution >= 4 is 35.1 Å². The molecular weight excluding hydrogens is 220 g/mol. The lowest BCUT2D eigenvalue weighted by Crippen LogP contribution is -2.01. The Kier molecular flexibility index (Phi) is 3.80. The summed E-state index contributed by atoms with van der Waals surface area (Å²) in [6, 6.07) is 0. The van der Waals surface area contributed by atoms with Gasteiger partial charge < -0.3 is 10.5 Å². The molecule has 1 rings (SSSR count). The van der Waals surface area contributed by atoms with E-state index in [0.717, 1.165) is 11.5 Å². The largest absolute Gasteiger partial charge is 0.465 e. The third kappa shape index (κ3) is 2.19. The Morgan fingerprint density at radius 2 is 2.43 bits per heavy atom. The van der Waals surface area contributed by atoms with Crippen LogP contribution in [-0.4, -0.2) is 23.7 Å². The standard InChI is InChI=1S/C8H8N2O2S2/c1-12-8(11)6-5(3-4-13-2)7(9)10-14-6/h1-2H3,(H2,9,10). The second-order valence-corrected chi connectivity index (χ2v) is 3.58. The maximum Gasteiger partial charge on any atom is 0.351 e. The van der Waals surface area contributed by atoms with Crippen LogP contribution in [0.5, 0.6) is 0 Å². The second-order valence-electron chi connectivity index (χ2n) is 2.19. The molecule has 0 bridgehead atoms. The number of aromatic nitrogens is 1. The van der Waals surface area contributed by atoms with Gasteiger partial charge in [0, 0.05) is 0 Å². The van der Waals surface area contributed by atoms with Gasteiger partial charge >= 0.3 is 5.97 Å². The van der Waals surface area contributed by atoms with Crippen molar-refractivity contribution in [3.63, 3.8) is 0 Å². The Hall–Kier alpha value is -1.19. The quantitative estimate of drug-likeness (QED) is 0.577. The van der Waals surface area contributed by atoms with Crippen molar-refractivity contribution in [2.75, 3.05) is 19.1 Å². The number of carbonyl (C=O) groups excluding carboxylic acids is 1.